The molecule has 0 spiro atoms. The van der Waals surface area contributed by atoms with Gasteiger partial charge in [-0.3, -0.25) is 9.69 Å². The quantitative estimate of drug-likeness (QED) is 0.746. The van der Waals surface area contributed by atoms with Crippen LogP contribution in [-0.4, -0.2) is 63.9 Å². The fourth-order valence-electron chi connectivity index (χ4n) is 6.03. The molecule has 2 fully saturated rings. The third-order valence-electron chi connectivity index (χ3n) is 7.62. The standard InChI is InChI=1S/C25H33N3O4/c1-25(2)11-4-12-27(15-25)19-5-3-6-21(19)32-17-7-8-18-16(13-17)14-28(24(18)31)20-9-10-22(29)26-23(20)30/h7-8,13,19-21H,3-6,9-12,14-15H2,1-2H3,(H,26,29,30)/p+1/t19-,20?,21+/m0/s1. The smallest absolute Gasteiger partial charge is 0.388 e. The van der Waals surface area contributed by atoms with Gasteiger partial charge < -0.3 is 14.7 Å². The van der Waals surface area contributed by atoms with Crippen LogP contribution in [0.4, 0.5) is 0 Å². The van der Waals surface area contributed by atoms with E-state index in [-0.39, 0.29) is 23.8 Å². The number of carbonyl (C=O) groups excluding carboxylic acids is 2. The second-order valence-corrected chi connectivity index (χ2v) is 10.6. The molecule has 3 atom stereocenters. The molecule has 5 rings (SSSR count). The Balaban J connectivity index is 1.29. The van der Waals surface area contributed by atoms with Crippen molar-refractivity contribution in [2.45, 2.75) is 83.5 Å². The summed E-state index contributed by atoms with van der Waals surface area (Å²) >= 11 is 0. The lowest BCUT2D eigenvalue weighted by Gasteiger charge is -2.42. The van der Waals surface area contributed by atoms with E-state index in [2.05, 4.69) is 23.7 Å². The van der Waals surface area contributed by atoms with E-state index < -0.39 is 6.04 Å². The number of nitrogens with one attached hydrogen (secondary N) is 1. The van der Waals surface area contributed by atoms with E-state index in [0.717, 1.165) is 30.8 Å². The highest BCUT2D eigenvalue weighted by molar-refractivity contribution is 6.01. The van der Waals surface area contributed by atoms with Crippen LogP contribution in [0.2, 0.25) is 0 Å². The van der Waals surface area contributed by atoms with Crippen molar-refractivity contribution in [3.05, 3.63) is 29.3 Å². The number of hydrogen-bond donors (Lipinski definition) is 2. The van der Waals surface area contributed by atoms with Gasteiger partial charge in [0.2, 0.25) is 0 Å². The summed E-state index contributed by atoms with van der Waals surface area (Å²) in [5.41, 5.74) is 1.94. The molecule has 1 aliphatic carbocycles. The van der Waals surface area contributed by atoms with Gasteiger partial charge in [0.1, 0.15) is 11.9 Å². The summed E-state index contributed by atoms with van der Waals surface area (Å²) in [6.45, 7) is 7.42. The summed E-state index contributed by atoms with van der Waals surface area (Å²) in [5.74, 6) is 0.379. The van der Waals surface area contributed by atoms with Gasteiger partial charge in [0.15, 0.2) is 6.04 Å². The SMILES string of the molecule is CC1(C)CCCN([C@H]2CCC[C@H]2Oc2ccc3c(c2)CN(C2CCC(=O)[NH+]=C2O)C3=O)C1. The molecule has 3 aliphatic heterocycles. The van der Waals surface area contributed by atoms with Gasteiger partial charge in [-0.25, -0.2) is 4.79 Å². The Kier molecular flexibility index (Phi) is 5.48. The van der Waals surface area contributed by atoms with Gasteiger partial charge in [-0.15, -0.1) is 4.99 Å². The first-order valence-electron chi connectivity index (χ1n) is 12.0. The molecule has 3 heterocycles. The molecule has 7 heteroatoms. The first-order chi connectivity index (χ1) is 15.3. The van der Waals surface area contributed by atoms with Crippen LogP contribution in [0, 0.1) is 5.41 Å². The zero-order valence-corrected chi connectivity index (χ0v) is 19.1. The maximum absolute atomic E-state index is 12.9. The number of nitrogens with zero attached hydrogens (tertiary/aromatic N) is 2. The van der Waals surface area contributed by atoms with E-state index in [4.69, 9.17) is 4.74 Å². The highest BCUT2D eigenvalue weighted by atomic mass is 16.5. The maximum Gasteiger partial charge on any atom is 0.388 e. The molecule has 1 saturated carbocycles. The minimum absolute atomic E-state index is 0.103. The normalized spacial score (nSPS) is 30.4. The van der Waals surface area contributed by atoms with Crippen molar-refractivity contribution >= 4 is 17.7 Å². The van der Waals surface area contributed by atoms with E-state index in [9.17, 15) is 14.7 Å². The van der Waals surface area contributed by atoms with Crippen LogP contribution in [0.5, 0.6) is 5.75 Å². The van der Waals surface area contributed by atoms with E-state index in [1.54, 1.807) is 4.90 Å². The molecule has 2 amide bonds. The fraction of sp³-hybridized carbons (Fsp3) is 0.640. The molecule has 0 bridgehead atoms. The van der Waals surface area contributed by atoms with Crippen LogP contribution >= 0.6 is 0 Å². The van der Waals surface area contributed by atoms with Gasteiger partial charge in [0.25, 0.3) is 5.91 Å². The maximum atomic E-state index is 12.9. The van der Waals surface area contributed by atoms with Crippen LogP contribution in [-0.2, 0) is 11.3 Å². The van der Waals surface area contributed by atoms with Gasteiger partial charge in [-0.2, -0.15) is 0 Å². The number of aliphatic hydroxyl groups excluding tert-OH is 1. The minimum Gasteiger partial charge on any atom is -0.489 e. The number of amides is 2. The van der Waals surface area contributed by atoms with E-state index in [0.29, 0.717) is 36.4 Å². The molecular formula is C25H34N3O4+. The zero-order valence-electron chi connectivity index (χ0n) is 19.1. The second kappa shape index (κ2) is 8.18. The highest BCUT2D eigenvalue weighted by Crippen LogP contribution is 2.36. The zero-order chi connectivity index (χ0) is 22.5. The number of fused-ring (bicyclic) bond motifs is 1. The Bertz CT molecular complexity index is 957. The van der Waals surface area contributed by atoms with Crippen LogP contribution in [0.3, 0.4) is 0 Å². The van der Waals surface area contributed by atoms with Gasteiger partial charge in [0.05, 0.1) is 6.42 Å². The number of carbonyl (C=O) groups is 2. The lowest BCUT2D eigenvalue weighted by molar-refractivity contribution is -0.394. The Morgan fingerprint density at radius 2 is 2.00 bits per heavy atom. The fourth-order valence-corrected chi connectivity index (χ4v) is 6.03. The number of hydrogen-bond acceptors (Lipinski definition) is 4. The van der Waals surface area contributed by atoms with Gasteiger partial charge in [-0.1, -0.05) is 13.8 Å². The van der Waals surface area contributed by atoms with E-state index >= 15 is 0 Å². The molecule has 1 aromatic rings. The lowest BCUT2D eigenvalue weighted by atomic mass is 9.83. The van der Waals surface area contributed by atoms with Crippen molar-refractivity contribution in [1.29, 1.82) is 0 Å². The monoisotopic (exact) mass is 440 g/mol. The number of ether oxygens (including phenoxy) is 1. The summed E-state index contributed by atoms with van der Waals surface area (Å²) in [7, 11) is 0. The van der Waals surface area contributed by atoms with Gasteiger partial charge in [0, 0.05) is 24.7 Å². The Morgan fingerprint density at radius 3 is 2.78 bits per heavy atom. The molecule has 1 unspecified atom stereocenters. The predicted molar refractivity (Wildman–Crippen MR) is 120 cm³/mol. The molecule has 172 valence electrons. The number of benzene rings is 1. The first-order valence-corrected chi connectivity index (χ1v) is 12.0. The van der Waals surface area contributed by atoms with Gasteiger partial charge >= 0.3 is 11.8 Å². The molecule has 4 aliphatic rings. The molecule has 1 saturated heterocycles. The van der Waals surface area contributed by atoms with Crippen molar-refractivity contribution in [3.8, 4) is 5.75 Å². The minimum atomic E-state index is -0.473. The summed E-state index contributed by atoms with van der Waals surface area (Å²) in [6.07, 6.45) is 6.89. The summed E-state index contributed by atoms with van der Waals surface area (Å²) in [6, 6.07) is 5.72. The van der Waals surface area contributed by atoms with E-state index in [1.165, 1.54) is 25.7 Å². The first kappa shape index (κ1) is 21.4. The third-order valence-corrected chi connectivity index (χ3v) is 7.62. The predicted octanol–water partition coefficient (Wildman–Crippen LogP) is 1.79. The van der Waals surface area contributed by atoms with Crippen molar-refractivity contribution in [3.63, 3.8) is 0 Å². The van der Waals surface area contributed by atoms with Crippen molar-refractivity contribution in [2.75, 3.05) is 13.1 Å². The van der Waals surface area contributed by atoms with Crippen LogP contribution in [0.15, 0.2) is 18.2 Å². The molecule has 0 radical (unpaired) electrons. The Hall–Kier alpha value is -2.41. The number of piperidine rings is 1. The number of likely N-dealkylation sites (tertiary alicyclic amines) is 1. The molecule has 1 aromatic carbocycles. The van der Waals surface area contributed by atoms with Crippen molar-refractivity contribution in [1.82, 2.24) is 9.80 Å². The molecule has 32 heavy (non-hydrogen) atoms. The average molecular weight is 441 g/mol. The average Bonchev–Trinajstić information content (AvgIpc) is 3.32. The summed E-state index contributed by atoms with van der Waals surface area (Å²) < 4.78 is 6.50. The van der Waals surface area contributed by atoms with Crippen LogP contribution < -0.4 is 9.73 Å². The molecule has 0 aromatic heterocycles. The lowest BCUT2D eigenvalue weighted by Crippen LogP contribution is -2.82. The number of rotatable bonds is 4. The van der Waals surface area contributed by atoms with Crippen LogP contribution in [0.25, 0.3) is 0 Å². The molecule has 7 nitrogen and oxygen atoms in total. The molecule has 2 N–H and O–H groups in total. The summed E-state index contributed by atoms with van der Waals surface area (Å²) in [4.78, 5) is 31.2. The van der Waals surface area contributed by atoms with E-state index in [1.807, 2.05) is 18.2 Å². The van der Waals surface area contributed by atoms with Crippen LogP contribution in [0.1, 0.15) is 74.7 Å². The van der Waals surface area contributed by atoms with Crippen molar-refractivity contribution < 1.29 is 24.4 Å². The largest absolute Gasteiger partial charge is 0.489 e. The second-order valence-electron chi connectivity index (χ2n) is 10.6. The Labute approximate surface area is 189 Å². The Morgan fingerprint density at radius 1 is 1.16 bits per heavy atom. The topological polar surface area (TPSA) is 84.1 Å². The molecular weight excluding hydrogens is 406 g/mol. The third kappa shape index (κ3) is 4.03. The summed E-state index contributed by atoms with van der Waals surface area (Å²) in [5, 5.41) is 10.2. The number of aliphatic hydroxyl groups is 1. The van der Waals surface area contributed by atoms with Crippen molar-refractivity contribution in [2.24, 2.45) is 5.41 Å². The highest BCUT2D eigenvalue weighted by Gasteiger charge is 2.41. The van der Waals surface area contributed by atoms with Gasteiger partial charge in [-0.05, 0) is 74.2 Å².